The van der Waals surface area contributed by atoms with E-state index in [2.05, 4.69) is 20.9 Å². The molecule has 0 saturated carbocycles. The van der Waals surface area contributed by atoms with Crippen molar-refractivity contribution in [1.29, 1.82) is 0 Å². The van der Waals surface area contributed by atoms with Crippen LogP contribution in [-0.4, -0.2) is 16.1 Å². The zero-order valence-electron chi connectivity index (χ0n) is 10.8. The molecule has 104 valence electrons. The first-order chi connectivity index (χ1) is 9.47. The lowest BCUT2D eigenvalue weighted by Gasteiger charge is -2.14. The fraction of sp³-hybridized carbons (Fsp3) is 0.200. The van der Waals surface area contributed by atoms with Crippen molar-refractivity contribution in [3.05, 3.63) is 62.8 Å². The first kappa shape index (κ1) is 15.0. The number of pyridine rings is 1. The maximum absolute atomic E-state index is 11.5. The van der Waals surface area contributed by atoms with Crippen molar-refractivity contribution in [3.63, 3.8) is 0 Å². The molecule has 0 aliphatic carbocycles. The Kier molecular flexibility index (Phi) is 4.78. The molecule has 0 radical (unpaired) electrons. The van der Waals surface area contributed by atoms with Gasteiger partial charge in [0.1, 0.15) is 5.92 Å². The van der Waals surface area contributed by atoms with Crippen LogP contribution in [0.3, 0.4) is 0 Å². The van der Waals surface area contributed by atoms with Crippen molar-refractivity contribution in [2.45, 2.75) is 19.3 Å². The molecule has 0 aliphatic heterocycles. The second kappa shape index (κ2) is 6.37. The van der Waals surface area contributed by atoms with Crippen molar-refractivity contribution < 1.29 is 9.90 Å². The maximum atomic E-state index is 11.5. The van der Waals surface area contributed by atoms with Crippen LogP contribution in [0.15, 0.2) is 41.0 Å². The normalized spacial score (nSPS) is 12.2. The van der Waals surface area contributed by atoms with Crippen LogP contribution in [0, 0.1) is 6.92 Å². The van der Waals surface area contributed by atoms with Crippen LogP contribution in [0.1, 0.15) is 22.7 Å². The predicted molar refractivity (Wildman–Crippen MR) is 82.2 cm³/mol. The molecular formula is C15H13BrClNO2. The molecule has 0 saturated heterocycles. The van der Waals surface area contributed by atoms with E-state index in [9.17, 15) is 9.90 Å². The van der Waals surface area contributed by atoms with E-state index in [1.54, 1.807) is 18.3 Å². The highest BCUT2D eigenvalue weighted by Crippen LogP contribution is 2.25. The van der Waals surface area contributed by atoms with Gasteiger partial charge < -0.3 is 5.11 Å². The van der Waals surface area contributed by atoms with Gasteiger partial charge in [-0.1, -0.05) is 23.7 Å². The number of rotatable bonds is 4. The summed E-state index contributed by atoms with van der Waals surface area (Å²) in [4.78, 5) is 15.8. The Morgan fingerprint density at radius 2 is 2.05 bits per heavy atom. The van der Waals surface area contributed by atoms with Gasteiger partial charge in [-0.15, -0.1) is 0 Å². The summed E-state index contributed by atoms with van der Waals surface area (Å²) in [6, 6.07) is 9.08. The molecule has 1 atom stereocenters. The summed E-state index contributed by atoms with van der Waals surface area (Å²) in [5.41, 5.74) is 2.38. The molecule has 0 spiro atoms. The summed E-state index contributed by atoms with van der Waals surface area (Å²) in [5, 5.41) is 10.1. The third kappa shape index (κ3) is 3.58. The molecule has 1 aromatic carbocycles. The van der Waals surface area contributed by atoms with Gasteiger partial charge in [0.05, 0.1) is 5.69 Å². The molecule has 3 nitrogen and oxygen atoms in total. The van der Waals surface area contributed by atoms with Crippen molar-refractivity contribution in [2.75, 3.05) is 0 Å². The number of hydrogen-bond acceptors (Lipinski definition) is 2. The maximum Gasteiger partial charge on any atom is 0.312 e. The van der Waals surface area contributed by atoms with Crippen molar-refractivity contribution >= 4 is 33.5 Å². The van der Waals surface area contributed by atoms with Gasteiger partial charge in [0.25, 0.3) is 0 Å². The molecule has 1 unspecified atom stereocenters. The number of carboxylic acids is 1. The van der Waals surface area contributed by atoms with Gasteiger partial charge in [-0.25, -0.2) is 0 Å². The summed E-state index contributed by atoms with van der Waals surface area (Å²) in [6.07, 6.45) is 2.02. The third-order valence-corrected chi connectivity index (χ3v) is 3.75. The molecule has 1 aromatic heterocycles. The second-order valence-corrected chi connectivity index (χ2v) is 5.93. The molecule has 1 N–H and O–H groups in total. The van der Waals surface area contributed by atoms with Crippen molar-refractivity contribution in [2.24, 2.45) is 0 Å². The van der Waals surface area contributed by atoms with Gasteiger partial charge in [-0.05, 0) is 58.6 Å². The summed E-state index contributed by atoms with van der Waals surface area (Å²) in [5.74, 6) is -1.54. The Morgan fingerprint density at radius 1 is 1.40 bits per heavy atom. The Bertz CT molecular complexity index is 628. The molecule has 0 fully saturated rings. The Balaban J connectivity index is 2.31. The summed E-state index contributed by atoms with van der Waals surface area (Å²) >= 11 is 9.17. The number of carbonyl (C=O) groups is 1. The zero-order chi connectivity index (χ0) is 14.7. The van der Waals surface area contributed by atoms with Crippen LogP contribution in [-0.2, 0) is 11.2 Å². The van der Waals surface area contributed by atoms with E-state index < -0.39 is 11.9 Å². The van der Waals surface area contributed by atoms with E-state index in [1.165, 1.54) is 0 Å². The van der Waals surface area contributed by atoms with E-state index >= 15 is 0 Å². The number of aryl methyl sites for hydroxylation is 1. The highest BCUT2D eigenvalue weighted by atomic mass is 79.9. The smallest absolute Gasteiger partial charge is 0.312 e. The zero-order valence-corrected chi connectivity index (χ0v) is 13.1. The van der Waals surface area contributed by atoms with Gasteiger partial charge in [-0.3, -0.25) is 9.78 Å². The second-order valence-electron chi connectivity index (χ2n) is 4.58. The van der Waals surface area contributed by atoms with E-state index in [0.717, 1.165) is 15.6 Å². The molecular weight excluding hydrogens is 342 g/mol. The summed E-state index contributed by atoms with van der Waals surface area (Å²) < 4.78 is 0.842. The summed E-state index contributed by atoms with van der Waals surface area (Å²) in [7, 11) is 0. The molecule has 2 aromatic rings. The van der Waals surface area contributed by atoms with Gasteiger partial charge in [0, 0.05) is 15.7 Å². The first-order valence-electron chi connectivity index (χ1n) is 6.06. The molecule has 20 heavy (non-hydrogen) atoms. The standard InChI is InChI=1S/C15H13BrClNO2/c1-9-6-11(16)8-18-14(9)13(15(19)20)7-10-2-4-12(17)5-3-10/h2-6,8,13H,7H2,1H3,(H,19,20). The Hall–Kier alpha value is -1.39. The number of hydrogen-bond donors (Lipinski definition) is 1. The minimum atomic E-state index is -0.877. The van der Waals surface area contributed by atoms with E-state index in [1.807, 2.05) is 25.1 Å². The van der Waals surface area contributed by atoms with Crippen LogP contribution in [0.4, 0.5) is 0 Å². The average Bonchev–Trinajstić information content (AvgIpc) is 2.39. The third-order valence-electron chi connectivity index (χ3n) is 3.07. The van der Waals surface area contributed by atoms with E-state index in [-0.39, 0.29) is 0 Å². The Morgan fingerprint density at radius 3 is 2.60 bits per heavy atom. The first-order valence-corrected chi connectivity index (χ1v) is 7.24. The molecule has 5 heteroatoms. The SMILES string of the molecule is Cc1cc(Br)cnc1C(Cc1ccc(Cl)cc1)C(=O)O. The van der Waals surface area contributed by atoms with Crippen LogP contribution in [0.2, 0.25) is 5.02 Å². The van der Waals surface area contributed by atoms with Crippen LogP contribution < -0.4 is 0 Å². The van der Waals surface area contributed by atoms with E-state index in [0.29, 0.717) is 17.1 Å². The van der Waals surface area contributed by atoms with Gasteiger partial charge in [-0.2, -0.15) is 0 Å². The van der Waals surface area contributed by atoms with Crippen LogP contribution >= 0.6 is 27.5 Å². The topological polar surface area (TPSA) is 50.2 Å². The lowest BCUT2D eigenvalue weighted by atomic mass is 9.93. The highest BCUT2D eigenvalue weighted by Gasteiger charge is 2.23. The number of halogens is 2. The number of aliphatic carboxylic acids is 1. The minimum Gasteiger partial charge on any atom is -0.481 e. The van der Waals surface area contributed by atoms with Gasteiger partial charge in [0.2, 0.25) is 0 Å². The highest BCUT2D eigenvalue weighted by molar-refractivity contribution is 9.10. The van der Waals surface area contributed by atoms with Crippen molar-refractivity contribution in [3.8, 4) is 0 Å². The molecule has 0 bridgehead atoms. The van der Waals surface area contributed by atoms with Crippen LogP contribution in [0.5, 0.6) is 0 Å². The predicted octanol–water partition coefficient (Wildman–Crippen LogP) is 4.22. The molecule has 2 rings (SSSR count). The van der Waals surface area contributed by atoms with E-state index in [4.69, 9.17) is 11.6 Å². The fourth-order valence-corrected chi connectivity index (χ4v) is 2.64. The molecule has 0 amide bonds. The largest absolute Gasteiger partial charge is 0.481 e. The average molecular weight is 355 g/mol. The summed E-state index contributed by atoms with van der Waals surface area (Å²) in [6.45, 7) is 1.87. The number of benzene rings is 1. The number of nitrogens with zero attached hydrogens (tertiary/aromatic N) is 1. The Labute approximate surface area is 130 Å². The lowest BCUT2D eigenvalue weighted by molar-refractivity contribution is -0.138. The van der Waals surface area contributed by atoms with Gasteiger partial charge in [0.15, 0.2) is 0 Å². The molecule has 1 heterocycles. The number of aromatic nitrogens is 1. The lowest BCUT2D eigenvalue weighted by Crippen LogP contribution is -2.17. The number of carboxylic acid groups (broad SMARTS) is 1. The monoisotopic (exact) mass is 353 g/mol. The van der Waals surface area contributed by atoms with Crippen molar-refractivity contribution in [1.82, 2.24) is 4.98 Å². The quantitative estimate of drug-likeness (QED) is 0.894. The fourth-order valence-electron chi connectivity index (χ4n) is 2.07. The minimum absolute atomic E-state index is 0.391. The van der Waals surface area contributed by atoms with Crippen LogP contribution in [0.25, 0.3) is 0 Å². The molecule has 0 aliphatic rings. The van der Waals surface area contributed by atoms with Gasteiger partial charge >= 0.3 is 5.97 Å².